The second-order valence-corrected chi connectivity index (χ2v) is 9.84. The molecule has 0 bridgehead atoms. The van der Waals surface area contributed by atoms with Gasteiger partial charge in [0.15, 0.2) is 0 Å². The monoisotopic (exact) mass is 587 g/mol. The number of aliphatic carboxylic acids is 1. The topological polar surface area (TPSA) is 140 Å². The number of carboxylic acids is 1. The van der Waals surface area contributed by atoms with Crippen LogP contribution in [0.5, 0.6) is 11.5 Å². The van der Waals surface area contributed by atoms with Crippen molar-refractivity contribution in [2.24, 2.45) is 0 Å². The number of amides is 1. The molecule has 1 aromatic heterocycles. The summed E-state index contributed by atoms with van der Waals surface area (Å²) in [5.41, 5.74) is -0.376. The number of nitrogens with zero attached hydrogens (tertiary/aromatic N) is 2. The van der Waals surface area contributed by atoms with E-state index in [1.165, 1.54) is 13.1 Å². The van der Waals surface area contributed by atoms with Crippen molar-refractivity contribution >= 4 is 11.9 Å². The van der Waals surface area contributed by atoms with Crippen LogP contribution in [0, 0.1) is 6.92 Å². The van der Waals surface area contributed by atoms with Crippen molar-refractivity contribution in [1.29, 1.82) is 0 Å². The maximum atomic E-state index is 13.6. The first-order valence-corrected chi connectivity index (χ1v) is 13.4. The van der Waals surface area contributed by atoms with Crippen LogP contribution in [0.3, 0.4) is 0 Å². The molecule has 4 rings (SSSR count). The van der Waals surface area contributed by atoms with E-state index >= 15 is 0 Å². The van der Waals surface area contributed by atoms with Gasteiger partial charge in [-0.1, -0.05) is 54.6 Å². The lowest BCUT2D eigenvalue weighted by Crippen LogP contribution is -2.49. The number of carbonyl (C=O) groups excluding carboxylic acids is 1. The molecule has 0 spiro atoms. The average Bonchev–Trinajstić information content (AvgIpc) is 3.01. The Labute approximate surface area is 247 Å². The van der Waals surface area contributed by atoms with Crippen molar-refractivity contribution < 1.29 is 28.9 Å². The van der Waals surface area contributed by atoms with Gasteiger partial charge in [0, 0.05) is 11.8 Å². The van der Waals surface area contributed by atoms with Crippen LogP contribution in [0.4, 0.5) is 0 Å². The fraction of sp³-hybridized carbons (Fsp3) is 0.250. The zero-order valence-electron chi connectivity index (χ0n) is 24.3. The summed E-state index contributed by atoms with van der Waals surface area (Å²) in [5.74, 6) is -0.724. The molecule has 1 unspecified atom stereocenters. The lowest BCUT2D eigenvalue weighted by molar-refractivity contribution is -0.165. The van der Waals surface area contributed by atoms with Crippen LogP contribution in [0.25, 0.3) is 0 Å². The standard InChI is InChI=1S/C32H33N3O8/c1-21-18-34(31(40)33-30(21)39)19-28(36)35(20-29(37)38)22(2)43-32(23-8-6-5-7-9-23,24-10-14-26(41-3)15-11-24)25-12-16-27(42-4)17-13-25/h5-18,22H,19-20H2,1-4H3,(H,37,38)(H,33,39,40). The van der Waals surface area contributed by atoms with Gasteiger partial charge in [-0.2, -0.15) is 0 Å². The minimum atomic E-state index is -1.33. The molecule has 224 valence electrons. The van der Waals surface area contributed by atoms with Crippen molar-refractivity contribution in [1.82, 2.24) is 14.5 Å². The number of hydrogen-bond acceptors (Lipinski definition) is 7. The number of ether oxygens (including phenoxy) is 3. The number of nitrogens with one attached hydrogen (secondary N) is 1. The van der Waals surface area contributed by atoms with Crippen molar-refractivity contribution in [2.45, 2.75) is 32.2 Å². The van der Waals surface area contributed by atoms with Gasteiger partial charge in [-0.25, -0.2) is 4.79 Å². The van der Waals surface area contributed by atoms with E-state index in [0.717, 1.165) is 9.47 Å². The summed E-state index contributed by atoms with van der Waals surface area (Å²) in [7, 11) is 3.12. The zero-order valence-corrected chi connectivity index (χ0v) is 24.3. The van der Waals surface area contributed by atoms with Gasteiger partial charge >= 0.3 is 11.7 Å². The molecule has 0 fully saturated rings. The Morgan fingerprint density at radius 3 is 1.88 bits per heavy atom. The summed E-state index contributed by atoms with van der Waals surface area (Å²) in [6.45, 7) is 1.86. The van der Waals surface area contributed by atoms with Crippen LogP contribution < -0.4 is 20.7 Å². The first-order valence-electron chi connectivity index (χ1n) is 13.4. The lowest BCUT2D eigenvalue weighted by Gasteiger charge is -2.41. The van der Waals surface area contributed by atoms with E-state index in [4.69, 9.17) is 14.2 Å². The molecular formula is C32H33N3O8. The Kier molecular flexibility index (Phi) is 9.46. The highest BCUT2D eigenvalue weighted by Crippen LogP contribution is 2.42. The van der Waals surface area contributed by atoms with Gasteiger partial charge in [-0.3, -0.25) is 23.9 Å². The normalized spacial score (nSPS) is 11.9. The second kappa shape index (κ2) is 13.2. The number of hydrogen-bond donors (Lipinski definition) is 2. The third-order valence-corrected chi connectivity index (χ3v) is 7.08. The molecule has 0 saturated heterocycles. The van der Waals surface area contributed by atoms with Crippen LogP contribution in [0.2, 0.25) is 0 Å². The largest absolute Gasteiger partial charge is 0.497 e. The van der Waals surface area contributed by atoms with E-state index in [2.05, 4.69) is 4.98 Å². The molecule has 43 heavy (non-hydrogen) atoms. The Hall–Kier alpha value is -5.16. The smallest absolute Gasteiger partial charge is 0.328 e. The molecule has 2 N–H and O–H groups in total. The maximum absolute atomic E-state index is 13.6. The molecular weight excluding hydrogens is 554 g/mol. The first-order chi connectivity index (χ1) is 20.6. The predicted octanol–water partition coefficient (Wildman–Crippen LogP) is 3.13. The molecule has 1 amide bonds. The summed E-state index contributed by atoms with van der Waals surface area (Å²) in [6, 6.07) is 23.9. The SMILES string of the molecule is COc1ccc(C(OC(C)N(CC(=O)O)C(=O)Cn2cc(C)c(=O)[nH]c2=O)(c2ccccc2)c2ccc(OC)cc2)cc1. The first kappa shape index (κ1) is 30.8. The molecule has 0 saturated carbocycles. The molecule has 0 aliphatic heterocycles. The minimum Gasteiger partial charge on any atom is -0.497 e. The molecule has 0 aliphatic rings. The van der Waals surface area contributed by atoms with Gasteiger partial charge in [0.05, 0.1) is 14.2 Å². The number of aromatic amines is 1. The van der Waals surface area contributed by atoms with Crippen LogP contribution >= 0.6 is 0 Å². The number of benzene rings is 3. The molecule has 1 heterocycles. The maximum Gasteiger partial charge on any atom is 0.328 e. The summed E-state index contributed by atoms with van der Waals surface area (Å²) in [5, 5.41) is 9.75. The summed E-state index contributed by atoms with van der Waals surface area (Å²) in [4.78, 5) is 53.0. The van der Waals surface area contributed by atoms with Gasteiger partial charge < -0.3 is 24.2 Å². The summed E-state index contributed by atoms with van der Waals surface area (Å²) >= 11 is 0. The van der Waals surface area contributed by atoms with Gasteiger partial charge in [0.25, 0.3) is 5.56 Å². The number of carbonyl (C=O) groups is 2. The molecule has 4 aromatic rings. The number of H-pyrrole nitrogens is 1. The second-order valence-electron chi connectivity index (χ2n) is 9.84. The Bertz CT molecular complexity index is 1630. The van der Waals surface area contributed by atoms with Crippen molar-refractivity contribution in [3.8, 4) is 11.5 Å². The average molecular weight is 588 g/mol. The molecule has 0 aliphatic carbocycles. The number of aromatic nitrogens is 2. The van der Waals surface area contributed by atoms with E-state index in [-0.39, 0.29) is 5.56 Å². The van der Waals surface area contributed by atoms with Crippen molar-refractivity contribution in [2.75, 3.05) is 20.8 Å². The van der Waals surface area contributed by atoms with E-state index < -0.39 is 48.0 Å². The molecule has 11 nitrogen and oxygen atoms in total. The molecule has 3 aromatic carbocycles. The van der Waals surface area contributed by atoms with Crippen molar-refractivity contribution in [3.05, 3.63) is 128 Å². The summed E-state index contributed by atoms with van der Waals surface area (Å²) < 4.78 is 18.6. The van der Waals surface area contributed by atoms with E-state index in [1.54, 1.807) is 45.4 Å². The zero-order chi connectivity index (χ0) is 31.1. The Morgan fingerprint density at radius 1 is 0.884 bits per heavy atom. The predicted molar refractivity (Wildman–Crippen MR) is 158 cm³/mol. The van der Waals surface area contributed by atoms with Crippen LogP contribution in [0.1, 0.15) is 29.2 Å². The third kappa shape index (κ3) is 6.68. The highest BCUT2D eigenvalue weighted by molar-refractivity contribution is 5.81. The molecule has 11 heteroatoms. The quantitative estimate of drug-likeness (QED) is 0.190. The highest BCUT2D eigenvalue weighted by Gasteiger charge is 2.41. The van der Waals surface area contributed by atoms with Gasteiger partial charge in [0.2, 0.25) is 5.91 Å². The van der Waals surface area contributed by atoms with Crippen LogP contribution in [0.15, 0.2) is 94.6 Å². The molecule has 1 atom stereocenters. The number of aryl methyl sites for hydroxylation is 1. The van der Waals surface area contributed by atoms with Gasteiger partial charge in [-0.15, -0.1) is 0 Å². The lowest BCUT2D eigenvalue weighted by atomic mass is 9.80. The van der Waals surface area contributed by atoms with E-state index in [1.807, 2.05) is 54.6 Å². The molecule has 0 radical (unpaired) electrons. The fourth-order valence-corrected chi connectivity index (χ4v) is 4.89. The summed E-state index contributed by atoms with van der Waals surface area (Å²) in [6.07, 6.45) is 0.138. The minimum absolute atomic E-state index is 0.226. The fourth-order valence-electron chi connectivity index (χ4n) is 4.89. The van der Waals surface area contributed by atoms with E-state index in [9.17, 15) is 24.3 Å². The number of rotatable bonds is 12. The Balaban J connectivity index is 1.85. The van der Waals surface area contributed by atoms with E-state index in [0.29, 0.717) is 28.2 Å². The highest BCUT2D eigenvalue weighted by atomic mass is 16.5. The van der Waals surface area contributed by atoms with Gasteiger partial charge in [-0.05, 0) is 54.8 Å². The van der Waals surface area contributed by atoms with Gasteiger partial charge in [0.1, 0.15) is 36.4 Å². The third-order valence-electron chi connectivity index (χ3n) is 7.08. The van der Waals surface area contributed by atoms with Crippen molar-refractivity contribution in [3.63, 3.8) is 0 Å². The van der Waals surface area contributed by atoms with Crippen LogP contribution in [-0.4, -0.2) is 58.4 Å². The number of methoxy groups -OCH3 is 2. The Morgan fingerprint density at radius 2 is 1.40 bits per heavy atom. The van der Waals surface area contributed by atoms with Crippen LogP contribution in [-0.2, 0) is 26.5 Å². The number of carboxylic acid groups (broad SMARTS) is 1.